The molecule has 1 fully saturated rings. The number of amides is 2. The van der Waals surface area contributed by atoms with Crippen molar-refractivity contribution in [2.75, 3.05) is 32.8 Å². The molecule has 2 aliphatic rings. The standard InChI is InChI=1S/C11H17N5O3/c17-11(15-1-3-18-4-2-15)12-6-10-7-16-9(8-19-10)5-13-14-16/h5,10H,1-4,6-8H2,(H,12,17). The number of aromatic nitrogens is 3. The summed E-state index contributed by atoms with van der Waals surface area (Å²) in [7, 11) is 0. The minimum absolute atomic E-state index is 0.0563. The smallest absolute Gasteiger partial charge is 0.317 e. The molecule has 0 aliphatic carbocycles. The molecular weight excluding hydrogens is 250 g/mol. The minimum atomic E-state index is -0.0590. The van der Waals surface area contributed by atoms with Crippen LogP contribution in [-0.2, 0) is 22.6 Å². The summed E-state index contributed by atoms with van der Waals surface area (Å²) in [6.45, 7) is 4.10. The molecule has 19 heavy (non-hydrogen) atoms. The number of carbonyl (C=O) groups excluding carboxylic acids is 1. The van der Waals surface area contributed by atoms with Crippen LogP contribution in [0.3, 0.4) is 0 Å². The monoisotopic (exact) mass is 267 g/mol. The van der Waals surface area contributed by atoms with Crippen LogP contribution in [0.15, 0.2) is 6.20 Å². The first-order valence-corrected chi connectivity index (χ1v) is 6.42. The van der Waals surface area contributed by atoms with E-state index in [2.05, 4.69) is 15.6 Å². The summed E-state index contributed by atoms with van der Waals surface area (Å²) in [5, 5.41) is 10.7. The van der Waals surface area contributed by atoms with Crippen LogP contribution in [0.4, 0.5) is 4.79 Å². The van der Waals surface area contributed by atoms with Crippen LogP contribution < -0.4 is 5.32 Å². The molecule has 3 heterocycles. The summed E-state index contributed by atoms with van der Waals surface area (Å²) in [5.41, 5.74) is 0.968. The quantitative estimate of drug-likeness (QED) is 0.760. The fraction of sp³-hybridized carbons (Fsp3) is 0.727. The molecule has 1 unspecified atom stereocenters. The molecule has 1 atom stereocenters. The molecule has 0 bridgehead atoms. The SMILES string of the molecule is O=C(NCC1Cn2nncc2CO1)N1CCOCC1. The number of morpholine rings is 1. The lowest BCUT2D eigenvalue weighted by Gasteiger charge is -2.29. The van der Waals surface area contributed by atoms with Crippen molar-refractivity contribution in [2.24, 2.45) is 0 Å². The Morgan fingerprint density at radius 2 is 2.32 bits per heavy atom. The number of carbonyl (C=O) groups is 1. The third-order valence-electron chi connectivity index (χ3n) is 3.32. The fourth-order valence-corrected chi connectivity index (χ4v) is 2.20. The van der Waals surface area contributed by atoms with Crippen molar-refractivity contribution >= 4 is 6.03 Å². The van der Waals surface area contributed by atoms with Crippen molar-refractivity contribution in [2.45, 2.75) is 19.3 Å². The maximum absolute atomic E-state index is 11.9. The highest BCUT2D eigenvalue weighted by atomic mass is 16.5. The second-order valence-electron chi connectivity index (χ2n) is 4.63. The van der Waals surface area contributed by atoms with Gasteiger partial charge in [-0.05, 0) is 0 Å². The van der Waals surface area contributed by atoms with Gasteiger partial charge in [-0.15, -0.1) is 5.10 Å². The highest BCUT2D eigenvalue weighted by molar-refractivity contribution is 5.74. The zero-order valence-corrected chi connectivity index (χ0v) is 10.6. The molecule has 1 saturated heterocycles. The molecular formula is C11H17N5O3. The normalized spacial score (nSPS) is 22.9. The van der Waals surface area contributed by atoms with Gasteiger partial charge in [0.05, 0.1) is 44.4 Å². The minimum Gasteiger partial charge on any atom is -0.378 e. The van der Waals surface area contributed by atoms with E-state index in [0.29, 0.717) is 46.0 Å². The van der Waals surface area contributed by atoms with E-state index in [1.165, 1.54) is 0 Å². The number of hydrogen-bond acceptors (Lipinski definition) is 5. The molecule has 1 aromatic heterocycles. The van der Waals surface area contributed by atoms with Gasteiger partial charge in [-0.2, -0.15) is 0 Å². The first kappa shape index (κ1) is 12.4. The maximum Gasteiger partial charge on any atom is 0.317 e. The number of urea groups is 1. The molecule has 1 aromatic rings. The first-order chi connectivity index (χ1) is 9.33. The number of rotatable bonds is 2. The van der Waals surface area contributed by atoms with Crippen LogP contribution >= 0.6 is 0 Å². The molecule has 3 rings (SSSR count). The van der Waals surface area contributed by atoms with Crippen LogP contribution in [0.1, 0.15) is 5.69 Å². The Hall–Kier alpha value is -1.67. The highest BCUT2D eigenvalue weighted by Crippen LogP contribution is 2.10. The van der Waals surface area contributed by atoms with E-state index < -0.39 is 0 Å². The predicted molar refractivity (Wildman–Crippen MR) is 64.4 cm³/mol. The third-order valence-corrected chi connectivity index (χ3v) is 3.32. The van der Waals surface area contributed by atoms with Crippen molar-refractivity contribution in [3.8, 4) is 0 Å². The van der Waals surface area contributed by atoms with E-state index in [9.17, 15) is 4.79 Å². The average Bonchev–Trinajstić information content (AvgIpc) is 2.93. The van der Waals surface area contributed by atoms with Gasteiger partial charge in [0.15, 0.2) is 0 Å². The highest BCUT2D eigenvalue weighted by Gasteiger charge is 2.22. The maximum atomic E-state index is 11.9. The van der Waals surface area contributed by atoms with Crippen LogP contribution in [-0.4, -0.2) is 64.9 Å². The van der Waals surface area contributed by atoms with Crippen molar-refractivity contribution in [1.29, 1.82) is 0 Å². The molecule has 0 aromatic carbocycles. The third kappa shape index (κ3) is 2.85. The van der Waals surface area contributed by atoms with Crippen LogP contribution in [0.2, 0.25) is 0 Å². The number of nitrogens with one attached hydrogen (secondary N) is 1. The van der Waals surface area contributed by atoms with Crippen LogP contribution in [0.5, 0.6) is 0 Å². The fourth-order valence-electron chi connectivity index (χ4n) is 2.20. The topological polar surface area (TPSA) is 81.5 Å². The summed E-state index contributed by atoms with van der Waals surface area (Å²) in [6, 6.07) is -0.0590. The molecule has 1 N–H and O–H groups in total. The van der Waals surface area contributed by atoms with Crippen molar-refractivity contribution in [1.82, 2.24) is 25.2 Å². The lowest BCUT2D eigenvalue weighted by molar-refractivity contribution is 0.000852. The molecule has 8 nitrogen and oxygen atoms in total. The lowest BCUT2D eigenvalue weighted by Crippen LogP contribution is -2.49. The van der Waals surface area contributed by atoms with Crippen molar-refractivity contribution in [3.05, 3.63) is 11.9 Å². The van der Waals surface area contributed by atoms with Crippen molar-refractivity contribution in [3.63, 3.8) is 0 Å². The zero-order chi connectivity index (χ0) is 13.1. The van der Waals surface area contributed by atoms with Gasteiger partial charge in [0, 0.05) is 19.6 Å². The molecule has 0 radical (unpaired) electrons. The first-order valence-electron chi connectivity index (χ1n) is 6.42. The van der Waals surface area contributed by atoms with Crippen LogP contribution in [0.25, 0.3) is 0 Å². The lowest BCUT2D eigenvalue weighted by atomic mass is 10.3. The van der Waals surface area contributed by atoms with E-state index in [-0.39, 0.29) is 12.1 Å². The Labute approximate surface area is 110 Å². The van der Waals surface area contributed by atoms with Gasteiger partial charge in [-0.1, -0.05) is 5.21 Å². The number of fused-ring (bicyclic) bond motifs is 1. The van der Waals surface area contributed by atoms with Crippen molar-refractivity contribution < 1.29 is 14.3 Å². The number of nitrogens with zero attached hydrogens (tertiary/aromatic N) is 4. The molecule has 0 saturated carbocycles. The Kier molecular flexibility index (Phi) is 3.60. The summed E-state index contributed by atoms with van der Waals surface area (Å²) in [5.74, 6) is 0. The molecule has 2 aliphatic heterocycles. The Morgan fingerprint density at radius 3 is 3.16 bits per heavy atom. The molecule has 8 heteroatoms. The average molecular weight is 267 g/mol. The van der Waals surface area contributed by atoms with Gasteiger partial charge in [-0.3, -0.25) is 0 Å². The van der Waals surface area contributed by atoms with E-state index in [0.717, 1.165) is 5.69 Å². The summed E-state index contributed by atoms with van der Waals surface area (Å²) >= 11 is 0. The van der Waals surface area contributed by atoms with E-state index in [1.54, 1.807) is 11.1 Å². The number of ether oxygens (including phenoxy) is 2. The molecule has 0 spiro atoms. The second kappa shape index (κ2) is 5.54. The zero-order valence-electron chi connectivity index (χ0n) is 10.6. The summed E-state index contributed by atoms with van der Waals surface area (Å²) in [4.78, 5) is 13.7. The number of hydrogen-bond donors (Lipinski definition) is 1. The van der Waals surface area contributed by atoms with E-state index >= 15 is 0 Å². The van der Waals surface area contributed by atoms with Gasteiger partial charge in [0.1, 0.15) is 0 Å². The predicted octanol–water partition coefficient (Wildman–Crippen LogP) is -0.781. The van der Waals surface area contributed by atoms with Gasteiger partial charge in [0.2, 0.25) is 0 Å². The summed E-state index contributed by atoms with van der Waals surface area (Å²) in [6.07, 6.45) is 1.64. The Balaban J connectivity index is 1.46. The van der Waals surface area contributed by atoms with Crippen LogP contribution in [0, 0.1) is 0 Å². The Bertz CT molecular complexity index is 443. The van der Waals surface area contributed by atoms with Gasteiger partial charge < -0.3 is 19.7 Å². The Morgan fingerprint density at radius 1 is 1.47 bits per heavy atom. The van der Waals surface area contributed by atoms with Gasteiger partial charge in [0.25, 0.3) is 0 Å². The second-order valence-corrected chi connectivity index (χ2v) is 4.63. The van der Waals surface area contributed by atoms with Gasteiger partial charge >= 0.3 is 6.03 Å². The van der Waals surface area contributed by atoms with Gasteiger partial charge in [-0.25, -0.2) is 9.48 Å². The molecule has 2 amide bonds. The van der Waals surface area contributed by atoms with E-state index in [4.69, 9.17) is 9.47 Å². The largest absolute Gasteiger partial charge is 0.378 e. The molecule has 104 valence electrons. The van der Waals surface area contributed by atoms with E-state index in [1.807, 2.05) is 4.68 Å². The summed E-state index contributed by atoms with van der Waals surface area (Å²) < 4.78 is 12.7.